The largest absolute Gasteiger partial charge is 0.372 e. The zero-order chi connectivity index (χ0) is 14.5. The molecule has 1 aliphatic heterocycles. The molecule has 1 aromatic carbocycles. The summed E-state index contributed by atoms with van der Waals surface area (Å²) in [6.45, 7) is 9.65. The molecule has 0 bridgehead atoms. The van der Waals surface area contributed by atoms with Crippen LogP contribution < -0.4 is 10.2 Å². The summed E-state index contributed by atoms with van der Waals surface area (Å²) in [5.74, 6) is 0. The lowest BCUT2D eigenvalue weighted by atomic mass is 10.1. The summed E-state index contributed by atoms with van der Waals surface area (Å²) < 4.78 is 5.75. The van der Waals surface area contributed by atoms with Gasteiger partial charge in [-0.2, -0.15) is 5.26 Å². The predicted molar refractivity (Wildman–Crippen MR) is 80.8 cm³/mol. The molecule has 0 saturated carbocycles. The highest BCUT2D eigenvalue weighted by Gasteiger charge is 2.24. The molecule has 108 valence electrons. The van der Waals surface area contributed by atoms with E-state index < -0.39 is 0 Å². The Morgan fingerprint density at radius 2 is 2.05 bits per heavy atom. The van der Waals surface area contributed by atoms with Crippen LogP contribution in [0.1, 0.15) is 31.9 Å². The Bertz CT molecular complexity index is 485. The van der Waals surface area contributed by atoms with Gasteiger partial charge in [-0.15, -0.1) is 0 Å². The first-order valence-electron chi connectivity index (χ1n) is 7.28. The van der Waals surface area contributed by atoms with Crippen LogP contribution in [0.3, 0.4) is 0 Å². The molecule has 0 amide bonds. The Kier molecular flexibility index (Phi) is 4.99. The van der Waals surface area contributed by atoms with E-state index in [1.807, 2.05) is 6.07 Å². The van der Waals surface area contributed by atoms with E-state index in [9.17, 15) is 5.26 Å². The number of rotatable bonds is 4. The smallest absolute Gasteiger partial charge is 0.101 e. The standard InChI is InChI=1S/C16H23N3O/c1-4-18-9-14-5-6-16(15(7-14)8-17)19-10-12(2)20-13(3)11-19/h5-7,12-13,18H,4,9-11H2,1-3H3. The van der Waals surface area contributed by atoms with E-state index in [1.54, 1.807) is 0 Å². The van der Waals surface area contributed by atoms with E-state index in [0.29, 0.717) is 0 Å². The molecule has 2 rings (SSSR count). The third-order valence-electron chi connectivity index (χ3n) is 3.52. The van der Waals surface area contributed by atoms with Crippen LogP contribution in [0.15, 0.2) is 18.2 Å². The minimum absolute atomic E-state index is 0.201. The molecule has 1 fully saturated rings. The van der Waals surface area contributed by atoms with Gasteiger partial charge in [0.05, 0.1) is 23.5 Å². The number of hydrogen-bond acceptors (Lipinski definition) is 4. The van der Waals surface area contributed by atoms with Crippen LogP contribution in [0, 0.1) is 11.3 Å². The minimum atomic E-state index is 0.201. The highest BCUT2D eigenvalue weighted by atomic mass is 16.5. The molecule has 0 radical (unpaired) electrons. The third kappa shape index (κ3) is 3.50. The first-order valence-corrected chi connectivity index (χ1v) is 7.28. The maximum atomic E-state index is 9.40. The summed E-state index contributed by atoms with van der Waals surface area (Å²) in [5.41, 5.74) is 2.93. The normalized spacial score (nSPS) is 22.6. The summed E-state index contributed by atoms with van der Waals surface area (Å²) in [5, 5.41) is 12.7. The molecule has 4 heteroatoms. The maximum Gasteiger partial charge on any atom is 0.101 e. The predicted octanol–water partition coefficient (Wildman–Crippen LogP) is 2.28. The van der Waals surface area contributed by atoms with Crippen molar-refractivity contribution in [3.05, 3.63) is 29.3 Å². The van der Waals surface area contributed by atoms with Gasteiger partial charge in [0.1, 0.15) is 6.07 Å². The Hall–Kier alpha value is -1.57. The Morgan fingerprint density at radius 1 is 1.35 bits per heavy atom. The molecule has 4 nitrogen and oxygen atoms in total. The van der Waals surface area contributed by atoms with Crippen molar-refractivity contribution in [2.24, 2.45) is 0 Å². The number of morpholine rings is 1. The monoisotopic (exact) mass is 273 g/mol. The lowest BCUT2D eigenvalue weighted by Crippen LogP contribution is -2.45. The van der Waals surface area contributed by atoms with Crippen LogP contribution in [0.5, 0.6) is 0 Å². The van der Waals surface area contributed by atoms with E-state index in [4.69, 9.17) is 4.74 Å². The molecule has 0 aromatic heterocycles. The Labute approximate surface area is 121 Å². The second-order valence-corrected chi connectivity index (χ2v) is 5.41. The van der Waals surface area contributed by atoms with Crippen molar-refractivity contribution in [1.82, 2.24) is 5.32 Å². The number of nitriles is 1. The average Bonchev–Trinajstić information content (AvgIpc) is 2.43. The lowest BCUT2D eigenvalue weighted by Gasteiger charge is -2.37. The van der Waals surface area contributed by atoms with Crippen molar-refractivity contribution in [3.63, 3.8) is 0 Å². The van der Waals surface area contributed by atoms with Crippen LogP contribution in [-0.2, 0) is 11.3 Å². The van der Waals surface area contributed by atoms with Crippen LogP contribution in [0.2, 0.25) is 0 Å². The molecule has 0 spiro atoms. The van der Waals surface area contributed by atoms with Gasteiger partial charge in [-0.05, 0) is 38.1 Å². The highest BCUT2D eigenvalue weighted by molar-refractivity contribution is 5.61. The minimum Gasteiger partial charge on any atom is -0.372 e. The van der Waals surface area contributed by atoms with Crippen molar-refractivity contribution in [2.75, 3.05) is 24.5 Å². The average molecular weight is 273 g/mol. The van der Waals surface area contributed by atoms with Gasteiger partial charge in [-0.25, -0.2) is 0 Å². The van der Waals surface area contributed by atoms with E-state index in [-0.39, 0.29) is 12.2 Å². The maximum absolute atomic E-state index is 9.40. The van der Waals surface area contributed by atoms with Crippen molar-refractivity contribution in [2.45, 2.75) is 39.5 Å². The number of ether oxygens (including phenoxy) is 1. The molecule has 1 heterocycles. The summed E-state index contributed by atoms with van der Waals surface area (Å²) in [4.78, 5) is 2.26. The fourth-order valence-electron chi connectivity index (χ4n) is 2.70. The first-order chi connectivity index (χ1) is 9.63. The SMILES string of the molecule is CCNCc1ccc(N2CC(C)OC(C)C2)c(C#N)c1. The molecular weight excluding hydrogens is 250 g/mol. The molecule has 0 aliphatic carbocycles. The van der Waals surface area contributed by atoms with Gasteiger partial charge < -0.3 is 15.0 Å². The highest BCUT2D eigenvalue weighted by Crippen LogP contribution is 2.25. The summed E-state index contributed by atoms with van der Waals surface area (Å²) in [6.07, 6.45) is 0.401. The fraction of sp³-hybridized carbons (Fsp3) is 0.562. The first kappa shape index (κ1) is 14.8. The van der Waals surface area contributed by atoms with Gasteiger partial charge in [0.25, 0.3) is 0 Å². The zero-order valence-corrected chi connectivity index (χ0v) is 12.5. The summed E-state index contributed by atoms with van der Waals surface area (Å²) in [6, 6.07) is 8.48. The number of anilines is 1. The molecule has 1 N–H and O–H groups in total. The number of nitrogens with zero attached hydrogens (tertiary/aromatic N) is 2. The molecule has 1 aliphatic rings. The third-order valence-corrected chi connectivity index (χ3v) is 3.52. The van der Waals surface area contributed by atoms with Gasteiger partial charge >= 0.3 is 0 Å². The molecule has 2 atom stereocenters. The van der Waals surface area contributed by atoms with Gasteiger partial charge in [-0.1, -0.05) is 13.0 Å². The summed E-state index contributed by atoms with van der Waals surface area (Å²) >= 11 is 0. The van der Waals surface area contributed by atoms with Crippen molar-refractivity contribution >= 4 is 5.69 Å². The molecular formula is C16H23N3O. The van der Waals surface area contributed by atoms with Gasteiger partial charge in [0.2, 0.25) is 0 Å². The fourth-order valence-corrected chi connectivity index (χ4v) is 2.70. The van der Waals surface area contributed by atoms with E-state index in [0.717, 1.165) is 43.0 Å². The van der Waals surface area contributed by atoms with E-state index >= 15 is 0 Å². The van der Waals surface area contributed by atoms with Crippen molar-refractivity contribution < 1.29 is 4.74 Å². The molecule has 1 saturated heterocycles. The van der Waals surface area contributed by atoms with Gasteiger partial charge in [0, 0.05) is 19.6 Å². The van der Waals surface area contributed by atoms with Gasteiger partial charge in [0.15, 0.2) is 0 Å². The molecule has 20 heavy (non-hydrogen) atoms. The topological polar surface area (TPSA) is 48.3 Å². The number of hydrogen-bond donors (Lipinski definition) is 1. The Balaban J connectivity index is 2.21. The van der Waals surface area contributed by atoms with Crippen molar-refractivity contribution in [3.8, 4) is 6.07 Å². The van der Waals surface area contributed by atoms with E-state index in [1.165, 1.54) is 0 Å². The van der Waals surface area contributed by atoms with Crippen molar-refractivity contribution in [1.29, 1.82) is 5.26 Å². The number of benzene rings is 1. The zero-order valence-electron chi connectivity index (χ0n) is 12.5. The molecule has 1 aromatic rings. The Morgan fingerprint density at radius 3 is 2.65 bits per heavy atom. The number of nitrogens with one attached hydrogen (secondary N) is 1. The molecule has 2 unspecified atom stereocenters. The van der Waals surface area contributed by atoms with Crippen LogP contribution in [0.4, 0.5) is 5.69 Å². The van der Waals surface area contributed by atoms with Crippen LogP contribution in [-0.4, -0.2) is 31.8 Å². The second kappa shape index (κ2) is 6.74. The van der Waals surface area contributed by atoms with E-state index in [2.05, 4.69) is 49.2 Å². The lowest BCUT2D eigenvalue weighted by molar-refractivity contribution is -0.00522. The summed E-state index contributed by atoms with van der Waals surface area (Å²) in [7, 11) is 0. The second-order valence-electron chi connectivity index (χ2n) is 5.41. The van der Waals surface area contributed by atoms with Gasteiger partial charge in [-0.3, -0.25) is 0 Å². The van der Waals surface area contributed by atoms with Crippen LogP contribution in [0.25, 0.3) is 0 Å². The van der Waals surface area contributed by atoms with Crippen LogP contribution >= 0.6 is 0 Å². The quantitative estimate of drug-likeness (QED) is 0.914.